The summed E-state index contributed by atoms with van der Waals surface area (Å²) >= 11 is 3.15. The summed E-state index contributed by atoms with van der Waals surface area (Å²) in [7, 11) is 1.84. The lowest BCUT2D eigenvalue weighted by molar-refractivity contribution is 1.10. The van der Waals surface area contributed by atoms with Crippen molar-refractivity contribution in [2.45, 2.75) is 0 Å². The summed E-state index contributed by atoms with van der Waals surface area (Å²) < 4.78 is 0.877. The Kier molecular flexibility index (Phi) is 3.80. The van der Waals surface area contributed by atoms with Crippen LogP contribution >= 0.6 is 15.9 Å². The van der Waals surface area contributed by atoms with Crippen molar-refractivity contribution in [1.82, 2.24) is 5.32 Å². The molecule has 2 heteroatoms. The van der Waals surface area contributed by atoms with Gasteiger partial charge >= 0.3 is 0 Å². The molecule has 0 bridgehead atoms. The molecule has 1 nitrogen and oxygen atoms in total. The lowest BCUT2D eigenvalue weighted by Gasteiger charge is -1.81. The number of hydrogen-bond donors (Lipinski definition) is 1. The van der Waals surface area contributed by atoms with E-state index in [0.29, 0.717) is 0 Å². The molecule has 0 amide bonds. The molecule has 0 unspecified atom stereocenters. The maximum absolute atomic E-state index is 3.58. The zero-order valence-electron chi connectivity index (χ0n) is 4.24. The Morgan fingerprint density at radius 1 is 1.86 bits per heavy atom. The van der Waals surface area contributed by atoms with Crippen molar-refractivity contribution in [1.29, 1.82) is 0 Å². The first-order valence-electron chi connectivity index (χ1n) is 1.95. The molecule has 0 rings (SSSR count). The van der Waals surface area contributed by atoms with Crippen molar-refractivity contribution in [3.8, 4) is 0 Å². The van der Waals surface area contributed by atoms with Gasteiger partial charge in [-0.1, -0.05) is 22.5 Å². The van der Waals surface area contributed by atoms with Crippen molar-refractivity contribution in [2.75, 3.05) is 7.05 Å². The van der Waals surface area contributed by atoms with Crippen molar-refractivity contribution in [3.05, 3.63) is 23.3 Å². The van der Waals surface area contributed by atoms with Crippen molar-refractivity contribution in [3.63, 3.8) is 0 Å². The standard InChI is InChI=1S/C5H8BrN/c1-5(6)3-4-7-2/h3-4,7H,1H2,2H3/b4-3-. The number of allylic oxidation sites excluding steroid dienone is 2. The quantitative estimate of drug-likeness (QED) is 0.608. The first-order chi connectivity index (χ1) is 3.27. The van der Waals surface area contributed by atoms with E-state index in [-0.39, 0.29) is 0 Å². The van der Waals surface area contributed by atoms with Crippen molar-refractivity contribution in [2.24, 2.45) is 0 Å². The van der Waals surface area contributed by atoms with Crippen LogP contribution in [0.2, 0.25) is 0 Å². The maximum atomic E-state index is 3.58. The minimum absolute atomic E-state index is 0.877. The van der Waals surface area contributed by atoms with E-state index < -0.39 is 0 Å². The van der Waals surface area contributed by atoms with Crippen molar-refractivity contribution >= 4 is 15.9 Å². The monoisotopic (exact) mass is 161 g/mol. The summed E-state index contributed by atoms with van der Waals surface area (Å²) in [6.45, 7) is 3.58. The zero-order chi connectivity index (χ0) is 5.70. The first-order valence-corrected chi connectivity index (χ1v) is 2.75. The normalized spacial score (nSPS) is 9.43. The highest BCUT2D eigenvalue weighted by Gasteiger charge is 1.69. The van der Waals surface area contributed by atoms with Crippen molar-refractivity contribution < 1.29 is 0 Å². The highest BCUT2D eigenvalue weighted by atomic mass is 79.9. The van der Waals surface area contributed by atoms with Gasteiger partial charge in [0.1, 0.15) is 0 Å². The van der Waals surface area contributed by atoms with Crippen LogP contribution in [0.25, 0.3) is 0 Å². The molecule has 40 valence electrons. The molecule has 0 aliphatic carbocycles. The van der Waals surface area contributed by atoms with Gasteiger partial charge in [0.2, 0.25) is 0 Å². The van der Waals surface area contributed by atoms with Gasteiger partial charge in [-0.3, -0.25) is 0 Å². The van der Waals surface area contributed by atoms with Gasteiger partial charge in [-0.2, -0.15) is 0 Å². The van der Waals surface area contributed by atoms with Crippen LogP contribution < -0.4 is 5.32 Å². The zero-order valence-corrected chi connectivity index (χ0v) is 5.83. The van der Waals surface area contributed by atoms with Gasteiger partial charge in [-0.15, -0.1) is 0 Å². The number of halogens is 1. The molecule has 0 saturated heterocycles. The van der Waals surface area contributed by atoms with Gasteiger partial charge in [0.05, 0.1) is 0 Å². The molecule has 0 heterocycles. The summed E-state index contributed by atoms with van der Waals surface area (Å²) in [6, 6.07) is 0. The summed E-state index contributed by atoms with van der Waals surface area (Å²) in [5, 5.41) is 2.83. The number of hydrogen-bond acceptors (Lipinski definition) is 1. The van der Waals surface area contributed by atoms with Gasteiger partial charge in [0.25, 0.3) is 0 Å². The van der Waals surface area contributed by atoms with Gasteiger partial charge in [0.15, 0.2) is 0 Å². The highest BCUT2D eigenvalue weighted by Crippen LogP contribution is 1.99. The van der Waals surface area contributed by atoms with Crippen LogP contribution in [-0.4, -0.2) is 7.05 Å². The fourth-order valence-electron chi connectivity index (χ4n) is 0.174. The summed E-state index contributed by atoms with van der Waals surface area (Å²) in [5.41, 5.74) is 0. The topological polar surface area (TPSA) is 12.0 Å². The van der Waals surface area contributed by atoms with Gasteiger partial charge in [-0.05, 0) is 12.3 Å². The largest absolute Gasteiger partial charge is 0.394 e. The number of nitrogens with one attached hydrogen (secondary N) is 1. The SMILES string of the molecule is C=C(Br)/C=C\NC. The highest BCUT2D eigenvalue weighted by molar-refractivity contribution is 9.11. The van der Waals surface area contributed by atoms with Crippen LogP contribution in [-0.2, 0) is 0 Å². The molecular weight excluding hydrogens is 154 g/mol. The van der Waals surface area contributed by atoms with Crippen LogP contribution in [0, 0.1) is 0 Å². The van der Waals surface area contributed by atoms with Crippen LogP contribution in [0.5, 0.6) is 0 Å². The molecule has 0 spiro atoms. The Morgan fingerprint density at radius 3 is 2.57 bits per heavy atom. The van der Waals surface area contributed by atoms with Gasteiger partial charge in [0, 0.05) is 11.5 Å². The smallest absolute Gasteiger partial charge is 0.0117 e. The molecule has 0 fully saturated rings. The Labute approximate surface area is 52.2 Å². The molecule has 7 heavy (non-hydrogen) atoms. The fourth-order valence-corrected chi connectivity index (χ4v) is 0.306. The molecule has 0 aliphatic heterocycles. The molecule has 0 aromatic rings. The molecule has 0 saturated carbocycles. The van der Waals surface area contributed by atoms with E-state index in [1.165, 1.54) is 0 Å². The summed E-state index contributed by atoms with van der Waals surface area (Å²) in [4.78, 5) is 0. The van der Waals surface area contributed by atoms with E-state index in [9.17, 15) is 0 Å². The van der Waals surface area contributed by atoms with E-state index in [2.05, 4.69) is 27.8 Å². The van der Waals surface area contributed by atoms with E-state index in [1.54, 1.807) is 6.20 Å². The summed E-state index contributed by atoms with van der Waals surface area (Å²) in [6.07, 6.45) is 3.64. The second-order valence-electron chi connectivity index (χ2n) is 1.07. The molecule has 0 aliphatic rings. The Morgan fingerprint density at radius 2 is 2.43 bits per heavy atom. The third kappa shape index (κ3) is 5.76. The lowest BCUT2D eigenvalue weighted by Crippen LogP contribution is -1.89. The van der Waals surface area contributed by atoms with E-state index in [4.69, 9.17) is 0 Å². The molecule has 0 atom stereocenters. The minimum Gasteiger partial charge on any atom is -0.394 e. The van der Waals surface area contributed by atoms with E-state index >= 15 is 0 Å². The fraction of sp³-hybridized carbons (Fsp3) is 0.200. The van der Waals surface area contributed by atoms with Crippen LogP contribution in [0.15, 0.2) is 23.3 Å². The molecule has 0 radical (unpaired) electrons. The van der Waals surface area contributed by atoms with Crippen LogP contribution in [0.4, 0.5) is 0 Å². The maximum Gasteiger partial charge on any atom is 0.0117 e. The van der Waals surface area contributed by atoms with Gasteiger partial charge in [-0.25, -0.2) is 0 Å². The summed E-state index contributed by atoms with van der Waals surface area (Å²) in [5.74, 6) is 0. The van der Waals surface area contributed by atoms with Crippen LogP contribution in [0.3, 0.4) is 0 Å². The van der Waals surface area contributed by atoms with E-state index in [0.717, 1.165) is 4.48 Å². The second kappa shape index (κ2) is 3.93. The predicted molar refractivity (Wildman–Crippen MR) is 36.3 cm³/mol. The van der Waals surface area contributed by atoms with Gasteiger partial charge < -0.3 is 5.32 Å². The average Bonchev–Trinajstić information content (AvgIpc) is 1.61. The molecular formula is C5H8BrN. The number of rotatable bonds is 2. The lowest BCUT2D eigenvalue weighted by atomic mass is 10.6. The third-order valence-corrected chi connectivity index (χ3v) is 0.695. The van der Waals surface area contributed by atoms with Crippen LogP contribution in [0.1, 0.15) is 0 Å². The molecule has 0 aromatic heterocycles. The first kappa shape index (κ1) is 6.76. The third-order valence-electron chi connectivity index (χ3n) is 0.431. The molecule has 1 N–H and O–H groups in total. The minimum atomic E-state index is 0.877. The second-order valence-corrected chi connectivity index (χ2v) is 2.09. The Balaban J connectivity index is 3.26. The average molecular weight is 162 g/mol. The molecule has 0 aromatic carbocycles. The predicted octanol–water partition coefficient (Wildman–Crippen LogP) is 1.63. The Bertz CT molecular complexity index is 86.1. The Hall–Kier alpha value is -0.240. The van der Waals surface area contributed by atoms with E-state index in [1.807, 2.05) is 13.1 Å².